The summed E-state index contributed by atoms with van der Waals surface area (Å²) in [4.78, 5) is 1.95. The van der Waals surface area contributed by atoms with Crippen LogP contribution in [0.15, 0.2) is 78.9 Å². The monoisotopic (exact) mass is 427 g/mol. The molecular weight excluding hydrogens is 402 g/mol. The standard InChI is InChI=1S/C27H25NO4/c1-17-7-9-21(15-25(17)30)28(22-10-8-18(2)26(31)16-22)20-11-13-23(14-12-20)32-27-6-4-5-24(29)19(27)3/h4-16,29-31H,1-3H3. The second kappa shape index (κ2) is 8.55. The molecule has 5 nitrogen and oxygen atoms in total. The lowest BCUT2D eigenvalue weighted by molar-refractivity contribution is 0.448. The van der Waals surface area contributed by atoms with Crippen LogP contribution in [0.3, 0.4) is 0 Å². The summed E-state index contributed by atoms with van der Waals surface area (Å²) in [6.07, 6.45) is 0. The molecule has 0 unspecified atom stereocenters. The molecule has 0 aromatic heterocycles. The SMILES string of the molecule is Cc1ccc(N(c2ccc(Oc3cccc(O)c3C)cc2)c2ccc(C)c(O)c2)cc1O. The number of nitrogens with zero attached hydrogens (tertiary/aromatic N) is 1. The van der Waals surface area contributed by atoms with Crippen LogP contribution in [0.25, 0.3) is 0 Å². The molecule has 0 atom stereocenters. The first kappa shape index (κ1) is 21.1. The summed E-state index contributed by atoms with van der Waals surface area (Å²) in [6, 6.07) is 23.6. The average Bonchev–Trinajstić information content (AvgIpc) is 2.78. The van der Waals surface area contributed by atoms with E-state index in [9.17, 15) is 15.3 Å². The molecule has 162 valence electrons. The minimum Gasteiger partial charge on any atom is -0.508 e. The number of hydrogen-bond donors (Lipinski definition) is 3. The quantitative estimate of drug-likeness (QED) is 0.320. The van der Waals surface area contributed by atoms with Gasteiger partial charge in [-0.05, 0) is 80.4 Å². The zero-order chi connectivity index (χ0) is 22.8. The van der Waals surface area contributed by atoms with Gasteiger partial charge >= 0.3 is 0 Å². The van der Waals surface area contributed by atoms with Crippen molar-refractivity contribution in [3.05, 3.63) is 95.6 Å². The van der Waals surface area contributed by atoms with Crippen molar-refractivity contribution in [3.8, 4) is 28.7 Å². The summed E-state index contributed by atoms with van der Waals surface area (Å²) in [6.45, 7) is 5.49. The van der Waals surface area contributed by atoms with Gasteiger partial charge in [-0.2, -0.15) is 0 Å². The molecular formula is C27H25NO4. The first-order chi connectivity index (χ1) is 15.3. The maximum Gasteiger partial charge on any atom is 0.134 e. The van der Waals surface area contributed by atoms with Gasteiger partial charge in [0, 0.05) is 34.8 Å². The summed E-state index contributed by atoms with van der Waals surface area (Å²) in [5.41, 5.74) is 4.58. The van der Waals surface area contributed by atoms with E-state index in [1.165, 1.54) is 0 Å². The van der Waals surface area contributed by atoms with Gasteiger partial charge in [0.15, 0.2) is 0 Å². The molecule has 4 rings (SSSR count). The predicted molar refractivity (Wildman–Crippen MR) is 127 cm³/mol. The molecule has 0 radical (unpaired) electrons. The van der Waals surface area contributed by atoms with Crippen LogP contribution in [0.5, 0.6) is 28.7 Å². The fourth-order valence-electron chi connectivity index (χ4n) is 3.42. The van der Waals surface area contributed by atoms with Crippen LogP contribution in [0.1, 0.15) is 16.7 Å². The van der Waals surface area contributed by atoms with E-state index in [0.717, 1.165) is 28.2 Å². The van der Waals surface area contributed by atoms with Crippen LogP contribution < -0.4 is 9.64 Å². The van der Waals surface area contributed by atoms with Crippen LogP contribution in [-0.4, -0.2) is 15.3 Å². The number of anilines is 3. The van der Waals surface area contributed by atoms with Crippen molar-refractivity contribution < 1.29 is 20.1 Å². The summed E-state index contributed by atoms with van der Waals surface area (Å²) in [5.74, 6) is 1.79. The number of phenolic OH excluding ortho intramolecular Hbond substituents is 3. The third-order valence-corrected chi connectivity index (χ3v) is 5.48. The van der Waals surface area contributed by atoms with Crippen molar-refractivity contribution in [2.24, 2.45) is 0 Å². The van der Waals surface area contributed by atoms with Gasteiger partial charge in [0.05, 0.1) is 0 Å². The van der Waals surface area contributed by atoms with Crippen molar-refractivity contribution in [2.45, 2.75) is 20.8 Å². The van der Waals surface area contributed by atoms with E-state index in [-0.39, 0.29) is 17.2 Å². The minimum absolute atomic E-state index is 0.184. The Bertz CT molecular complexity index is 1210. The van der Waals surface area contributed by atoms with Crippen LogP contribution in [0.4, 0.5) is 17.1 Å². The largest absolute Gasteiger partial charge is 0.508 e. The van der Waals surface area contributed by atoms with E-state index >= 15 is 0 Å². The lowest BCUT2D eigenvalue weighted by Crippen LogP contribution is -2.10. The third kappa shape index (κ3) is 4.18. The molecule has 0 amide bonds. The van der Waals surface area contributed by atoms with E-state index in [0.29, 0.717) is 17.1 Å². The molecule has 4 aromatic rings. The predicted octanol–water partition coefficient (Wildman–Crippen LogP) is 6.99. The molecule has 4 aromatic carbocycles. The van der Waals surface area contributed by atoms with Gasteiger partial charge < -0.3 is 25.0 Å². The van der Waals surface area contributed by atoms with Gasteiger partial charge in [-0.3, -0.25) is 0 Å². The van der Waals surface area contributed by atoms with Gasteiger partial charge in [0.2, 0.25) is 0 Å². The Labute approximate surface area is 187 Å². The molecule has 0 saturated carbocycles. The van der Waals surface area contributed by atoms with Gasteiger partial charge in [0.25, 0.3) is 0 Å². The van der Waals surface area contributed by atoms with Crippen LogP contribution in [0, 0.1) is 20.8 Å². The Morgan fingerprint density at radius 2 is 1.12 bits per heavy atom. The van der Waals surface area contributed by atoms with E-state index in [1.54, 1.807) is 37.3 Å². The van der Waals surface area contributed by atoms with Gasteiger partial charge in [-0.1, -0.05) is 18.2 Å². The van der Waals surface area contributed by atoms with Crippen molar-refractivity contribution in [1.29, 1.82) is 0 Å². The summed E-state index contributed by atoms with van der Waals surface area (Å²) >= 11 is 0. The molecule has 0 aliphatic carbocycles. The highest BCUT2D eigenvalue weighted by atomic mass is 16.5. The smallest absolute Gasteiger partial charge is 0.134 e. The number of hydrogen-bond acceptors (Lipinski definition) is 5. The average molecular weight is 428 g/mol. The third-order valence-electron chi connectivity index (χ3n) is 5.48. The maximum atomic E-state index is 10.3. The number of phenols is 3. The molecule has 0 saturated heterocycles. The van der Waals surface area contributed by atoms with Crippen molar-refractivity contribution in [1.82, 2.24) is 0 Å². The van der Waals surface area contributed by atoms with Gasteiger partial charge in [-0.15, -0.1) is 0 Å². The number of rotatable bonds is 5. The van der Waals surface area contributed by atoms with Crippen molar-refractivity contribution >= 4 is 17.1 Å². The highest BCUT2D eigenvalue weighted by molar-refractivity contribution is 5.78. The summed E-state index contributed by atoms with van der Waals surface area (Å²) in [5, 5.41) is 30.5. The highest BCUT2D eigenvalue weighted by Crippen LogP contribution is 2.39. The van der Waals surface area contributed by atoms with Crippen LogP contribution in [0.2, 0.25) is 0 Å². The number of benzene rings is 4. The lowest BCUT2D eigenvalue weighted by atomic mass is 10.1. The normalized spacial score (nSPS) is 10.7. The second-order valence-corrected chi connectivity index (χ2v) is 7.77. The fraction of sp³-hybridized carbons (Fsp3) is 0.111. The molecule has 0 aliphatic rings. The molecule has 32 heavy (non-hydrogen) atoms. The number of aryl methyl sites for hydroxylation is 2. The Balaban J connectivity index is 1.73. The molecule has 0 spiro atoms. The molecule has 5 heteroatoms. The zero-order valence-corrected chi connectivity index (χ0v) is 18.2. The fourth-order valence-corrected chi connectivity index (χ4v) is 3.42. The van der Waals surface area contributed by atoms with Gasteiger partial charge in [0.1, 0.15) is 28.7 Å². The molecule has 0 aliphatic heterocycles. The summed E-state index contributed by atoms with van der Waals surface area (Å²) < 4.78 is 5.95. The Hall–Kier alpha value is -4.12. The van der Waals surface area contributed by atoms with E-state index in [1.807, 2.05) is 67.3 Å². The van der Waals surface area contributed by atoms with E-state index in [4.69, 9.17) is 4.74 Å². The first-order valence-electron chi connectivity index (χ1n) is 10.3. The lowest BCUT2D eigenvalue weighted by Gasteiger charge is -2.26. The molecule has 0 bridgehead atoms. The minimum atomic E-state index is 0.184. The maximum absolute atomic E-state index is 10.3. The van der Waals surface area contributed by atoms with E-state index in [2.05, 4.69) is 0 Å². The van der Waals surface area contributed by atoms with Crippen molar-refractivity contribution in [2.75, 3.05) is 4.90 Å². The second-order valence-electron chi connectivity index (χ2n) is 7.77. The topological polar surface area (TPSA) is 73.2 Å². The van der Waals surface area contributed by atoms with Crippen LogP contribution >= 0.6 is 0 Å². The first-order valence-corrected chi connectivity index (χ1v) is 10.3. The Morgan fingerprint density at radius 3 is 1.66 bits per heavy atom. The molecule has 3 N–H and O–H groups in total. The van der Waals surface area contributed by atoms with Gasteiger partial charge in [-0.25, -0.2) is 0 Å². The van der Waals surface area contributed by atoms with E-state index < -0.39 is 0 Å². The summed E-state index contributed by atoms with van der Waals surface area (Å²) in [7, 11) is 0. The zero-order valence-electron chi connectivity index (χ0n) is 18.2. The Morgan fingerprint density at radius 1 is 0.594 bits per heavy atom. The number of ether oxygens (including phenoxy) is 1. The molecule has 0 heterocycles. The van der Waals surface area contributed by atoms with Crippen LogP contribution in [-0.2, 0) is 0 Å². The molecule has 0 fully saturated rings. The number of aromatic hydroxyl groups is 3. The Kier molecular flexibility index (Phi) is 5.65. The highest BCUT2D eigenvalue weighted by Gasteiger charge is 2.15. The van der Waals surface area contributed by atoms with Crippen molar-refractivity contribution in [3.63, 3.8) is 0 Å².